The number of benzene rings is 11. The minimum absolute atomic E-state index is 0.0721. The fourth-order valence-corrected chi connectivity index (χ4v) is 11.2. The van der Waals surface area contributed by atoms with Gasteiger partial charge in [0.1, 0.15) is 17.3 Å². The molecule has 0 N–H and O–H groups in total. The van der Waals surface area contributed by atoms with Crippen molar-refractivity contribution in [3.8, 4) is 95.5 Å². The Kier molecular flexibility index (Phi) is 8.56. The third kappa shape index (κ3) is 10.4. The topological polar surface area (TPSA) is 35.9 Å². The van der Waals surface area contributed by atoms with Crippen LogP contribution >= 0.6 is 0 Å². The van der Waals surface area contributed by atoms with Gasteiger partial charge in [-0.15, -0.1) is 0 Å². The van der Waals surface area contributed by atoms with E-state index in [0.29, 0.717) is 22.8 Å². The molecule has 0 unspecified atom stereocenters. The molecule has 0 aliphatic rings. The van der Waals surface area contributed by atoms with Crippen molar-refractivity contribution < 1.29 is 42.2 Å². The highest BCUT2D eigenvalue weighted by atomic mass is 16.5. The Labute approximate surface area is 544 Å². The fraction of sp³-hybridized carbons (Fsp3) is 0.122. The van der Waals surface area contributed by atoms with Gasteiger partial charge < -0.3 is 4.74 Å². The maximum absolute atomic E-state index is 10.7. The van der Waals surface area contributed by atoms with Crippen molar-refractivity contribution in [3.63, 3.8) is 0 Å². The standard InChI is InChI=1S/C82H68N4O/c1-54-23-20-24-55(2)79(54)60-37-40-75-77(49-60)84(67-33-22-34-68(51-67)87-69-38-39-71-70-35-18-19-36-74(70)86(76(71)52-69)78-50-66(41-42-83-78)82(6,7)8)53-85(75)80-72(59-31-21-32-65(46-59)81(3,4)5)47-63(58-29-16-11-17-30-58)48-73(80)64-44-61(56-25-12-9-13-26-56)43-62(45-64)57-27-14-10-15-28-57/h9-52H,1-8H3/i1D3,2D3,9D,10D,11D,12D,13D,14D,15D,16D,17D,25D,26D,27D,28D,29D,30D,43D,44D,45D. The van der Waals surface area contributed by atoms with E-state index in [0.717, 1.165) is 32.9 Å². The number of aromatic nitrogens is 4. The average molecular weight is 1150 g/mol. The molecule has 14 aromatic rings. The van der Waals surface area contributed by atoms with Crippen LogP contribution in [-0.2, 0) is 10.8 Å². The van der Waals surface area contributed by atoms with E-state index in [-0.39, 0.29) is 66.8 Å². The summed E-state index contributed by atoms with van der Waals surface area (Å²) < 4.78 is 233. The quantitative estimate of drug-likeness (QED) is 0.0956. The normalized spacial score (nSPS) is 16.1. The molecule has 0 radical (unpaired) electrons. The molecule has 5 heteroatoms. The van der Waals surface area contributed by atoms with Gasteiger partial charge in [-0.2, -0.15) is 0 Å². The summed E-state index contributed by atoms with van der Waals surface area (Å²) in [6, 6.07) is 27.7. The van der Waals surface area contributed by atoms with Crippen LogP contribution in [0.25, 0.3) is 117 Å². The number of pyridine rings is 1. The molecule has 87 heavy (non-hydrogen) atoms. The predicted octanol–water partition coefficient (Wildman–Crippen LogP) is 21.2. The minimum atomic E-state index is -2.89. The maximum Gasteiger partial charge on any atom is 0.269 e. The third-order valence-corrected chi connectivity index (χ3v) is 15.5. The lowest BCUT2D eigenvalue weighted by Crippen LogP contribution is -2.31. The summed E-state index contributed by atoms with van der Waals surface area (Å²) in [4.78, 5) is 4.86. The predicted molar refractivity (Wildman–Crippen MR) is 362 cm³/mol. The van der Waals surface area contributed by atoms with Gasteiger partial charge in [0, 0.05) is 31.3 Å². The molecule has 0 spiro atoms. The van der Waals surface area contributed by atoms with Gasteiger partial charge in [0.25, 0.3) is 6.33 Å². The van der Waals surface area contributed by atoms with Crippen molar-refractivity contribution in [3.05, 3.63) is 295 Å². The smallest absolute Gasteiger partial charge is 0.269 e. The Morgan fingerprint density at radius 2 is 1.06 bits per heavy atom. The van der Waals surface area contributed by atoms with Crippen molar-refractivity contribution in [2.75, 3.05) is 0 Å². The van der Waals surface area contributed by atoms with Crippen molar-refractivity contribution >= 4 is 32.8 Å². The van der Waals surface area contributed by atoms with E-state index < -0.39 is 161 Å². The number of aryl methyl sites for hydroxylation is 2. The Balaban J connectivity index is 1.15. The van der Waals surface area contributed by atoms with E-state index in [1.807, 2.05) is 81.4 Å². The molecule has 0 amide bonds. The lowest BCUT2D eigenvalue weighted by Gasteiger charge is -2.23. The molecule has 0 aliphatic heterocycles. The minimum Gasteiger partial charge on any atom is -0.458 e. The first kappa shape index (κ1) is 34.0. The Morgan fingerprint density at radius 3 is 1.74 bits per heavy atom. The number of imidazole rings is 1. The van der Waals surface area contributed by atoms with Gasteiger partial charge in [-0.1, -0.05) is 211 Å². The van der Waals surface area contributed by atoms with Crippen LogP contribution in [0.2, 0.25) is 0 Å². The molecule has 0 aliphatic carbocycles. The van der Waals surface area contributed by atoms with Gasteiger partial charge in [-0.3, -0.25) is 13.7 Å². The highest BCUT2D eigenvalue weighted by Gasteiger charge is 2.26. The summed E-state index contributed by atoms with van der Waals surface area (Å²) in [7, 11) is 0. The molecule has 422 valence electrons. The first-order valence-electron chi connectivity index (χ1n) is 40.2. The molecule has 14 rings (SSSR count). The zero-order valence-electron chi connectivity index (χ0n) is 72.2. The van der Waals surface area contributed by atoms with Gasteiger partial charge in [-0.05, 0) is 198 Å². The highest BCUT2D eigenvalue weighted by molar-refractivity contribution is 6.09. The number of fused-ring (bicyclic) bond motifs is 4. The number of hydrogen-bond acceptors (Lipinski definition) is 2. The van der Waals surface area contributed by atoms with Crippen molar-refractivity contribution in [2.45, 2.75) is 66.1 Å². The van der Waals surface area contributed by atoms with Crippen LogP contribution in [0.5, 0.6) is 11.5 Å². The van der Waals surface area contributed by atoms with Gasteiger partial charge in [-0.25, -0.2) is 4.98 Å². The summed E-state index contributed by atoms with van der Waals surface area (Å²) in [6.45, 7) is 6.47. The largest absolute Gasteiger partial charge is 0.458 e. The van der Waals surface area contributed by atoms with Crippen LogP contribution in [0.3, 0.4) is 0 Å². The van der Waals surface area contributed by atoms with Crippen molar-refractivity contribution in [1.29, 1.82) is 0 Å². The molecular weight excluding hydrogens is 1060 g/mol. The fourth-order valence-electron chi connectivity index (χ4n) is 11.2. The Hall–Kier alpha value is -10.4. The van der Waals surface area contributed by atoms with Crippen LogP contribution < -0.4 is 9.30 Å². The first-order chi connectivity index (χ1) is 52.1. The van der Waals surface area contributed by atoms with Crippen LogP contribution in [0, 0.1) is 20.0 Å². The van der Waals surface area contributed by atoms with Gasteiger partial charge >= 0.3 is 0 Å². The monoisotopic (exact) mass is 1150 g/mol. The molecule has 0 saturated heterocycles. The van der Waals surface area contributed by atoms with E-state index in [4.69, 9.17) is 30.3 Å². The molecular formula is C82H68N4O. The highest BCUT2D eigenvalue weighted by Crippen LogP contribution is 2.44. The molecule has 0 saturated carbocycles. The Morgan fingerprint density at radius 1 is 0.460 bits per heavy atom. The van der Waals surface area contributed by atoms with Gasteiger partial charge in [0.05, 0.1) is 58.1 Å². The van der Waals surface area contributed by atoms with Crippen molar-refractivity contribution in [1.82, 2.24) is 14.1 Å². The third-order valence-electron chi connectivity index (χ3n) is 15.5. The molecule has 0 fully saturated rings. The number of hydrogen-bond donors (Lipinski definition) is 0. The number of rotatable bonds is 11. The lowest BCUT2D eigenvalue weighted by molar-refractivity contribution is -0.571. The average Bonchev–Trinajstić information content (AvgIpc) is 0.789. The molecule has 0 bridgehead atoms. The Bertz CT molecular complexity index is 6080. The lowest BCUT2D eigenvalue weighted by atomic mass is 9.84. The summed E-state index contributed by atoms with van der Waals surface area (Å²) in [5, 5.41) is 1.88. The van der Waals surface area contributed by atoms with Crippen LogP contribution in [0.1, 0.15) is 96.7 Å². The zero-order valence-corrected chi connectivity index (χ0v) is 48.2. The van der Waals surface area contributed by atoms with Crippen LogP contribution in [-0.4, -0.2) is 14.1 Å². The van der Waals surface area contributed by atoms with Gasteiger partial charge in [0.2, 0.25) is 0 Å². The summed E-state index contributed by atoms with van der Waals surface area (Å²) in [6.07, 6.45) is 5.30. The molecule has 3 aromatic heterocycles. The second-order valence-electron chi connectivity index (χ2n) is 23.2. The van der Waals surface area contributed by atoms with E-state index in [9.17, 15) is 12.3 Å². The van der Waals surface area contributed by atoms with E-state index in [1.54, 1.807) is 59.3 Å². The second-order valence-corrected chi connectivity index (χ2v) is 23.2. The summed E-state index contributed by atoms with van der Waals surface area (Å²) in [5.41, 5.74) is -1.46. The summed E-state index contributed by atoms with van der Waals surface area (Å²) >= 11 is 0. The molecule has 11 aromatic carbocycles. The first-order valence-corrected chi connectivity index (χ1v) is 28.2. The van der Waals surface area contributed by atoms with E-state index >= 15 is 0 Å². The number of ether oxygens (including phenoxy) is 1. The molecule has 0 atom stereocenters. The maximum atomic E-state index is 10.7. The van der Waals surface area contributed by atoms with Gasteiger partial charge in [0.15, 0.2) is 0 Å². The van der Waals surface area contributed by atoms with Crippen LogP contribution in [0.15, 0.2) is 267 Å². The van der Waals surface area contributed by atoms with Crippen LogP contribution in [0.4, 0.5) is 0 Å². The molecule has 3 heterocycles. The van der Waals surface area contributed by atoms with E-state index in [1.165, 1.54) is 41.0 Å². The molecule has 5 nitrogen and oxygen atoms in total. The van der Waals surface area contributed by atoms with E-state index in [2.05, 4.69) is 37.7 Å². The SMILES string of the molecule is [2H]c1c([2H])c([2H])c(-c2cc(-c3cccc(C(C)(C)C)c3)c(-[n+]3[c-]n(-c4cccc(Oc5ccc6c7ccccc7n(-c7cc(C(C)(C)C)ccn7)c6c5)c4)c4cc(-c5c(C([2H])([2H])[2H])cccc5C([2H])([2H])[2H])ccc43)c(-c3c([2H])c(-c4c([2H])c([2H])c([2H])c([2H])c4[2H])c([2H])c(-c4c([2H])c([2H])c([2H])c([2H])c4[2H])c3[2H])c2)c([2H])c1[2H]. The van der Waals surface area contributed by atoms with Crippen molar-refractivity contribution in [2.24, 2.45) is 0 Å². The summed E-state index contributed by atoms with van der Waals surface area (Å²) in [5.74, 6) is 1.35. The number of nitrogens with zero attached hydrogens (tertiary/aromatic N) is 4. The second kappa shape index (κ2) is 21.9. The number of para-hydroxylation sites is 1. The zero-order chi connectivity index (χ0) is 80.2.